The zero-order chi connectivity index (χ0) is 15.2. The maximum Gasteiger partial charge on any atom is 0.255 e. The number of rotatable bonds is 5. The Hall–Kier alpha value is -2.29. The maximum atomic E-state index is 12.1. The van der Waals surface area contributed by atoms with E-state index < -0.39 is 0 Å². The van der Waals surface area contributed by atoms with Gasteiger partial charge in [-0.3, -0.25) is 4.79 Å². The maximum absolute atomic E-state index is 12.1. The highest BCUT2D eigenvalue weighted by Gasteiger charge is 2.06. The summed E-state index contributed by atoms with van der Waals surface area (Å²) in [6.07, 6.45) is 0. The Balaban J connectivity index is 1.97. The van der Waals surface area contributed by atoms with E-state index in [2.05, 4.69) is 19.2 Å². The average Bonchev–Trinajstić information content (AvgIpc) is 2.48. The number of ether oxygens (including phenoxy) is 1. The first-order chi connectivity index (χ1) is 10.0. The molecule has 0 bridgehead atoms. The quantitative estimate of drug-likeness (QED) is 0.889. The van der Waals surface area contributed by atoms with Crippen LogP contribution < -0.4 is 10.1 Å². The van der Waals surface area contributed by atoms with E-state index in [0.717, 1.165) is 11.4 Å². The zero-order valence-corrected chi connectivity index (χ0v) is 12.7. The van der Waals surface area contributed by atoms with E-state index in [4.69, 9.17) is 4.74 Å². The van der Waals surface area contributed by atoms with E-state index >= 15 is 0 Å². The first-order valence-electron chi connectivity index (χ1n) is 7.15. The fourth-order valence-corrected chi connectivity index (χ4v) is 1.81. The number of aryl methyl sites for hydroxylation is 1. The van der Waals surface area contributed by atoms with Crippen molar-refractivity contribution in [3.05, 3.63) is 59.7 Å². The predicted octanol–water partition coefficient (Wildman–Crippen LogP) is 4.28. The molecule has 0 radical (unpaired) electrons. The van der Waals surface area contributed by atoms with Crippen molar-refractivity contribution < 1.29 is 9.53 Å². The van der Waals surface area contributed by atoms with Crippen LogP contribution >= 0.6 is 0 Å². The summed E-state index contributed by atoms with van der Waals surface area (Å²) >= 11 is 0. The molecule has 2 aromatic rings. The number of hydrogen-bond acceptors (Lipinski definition) is 2. The van der Waals surface area contributed by atoms with Crippen LogP contribution in [0, 0.1) is 12.8 Å². The van der Waals surface area contributed by atoms with E-state index in [1.165, 1.54) is 5.56 Å². The summed E-state index contributed by atoms with van der Waals surface area (Å²) in [5.41, 5.74) is 2.58. The van der Waals surface area contributed by atoms with Gasteiger partial charge >= 0.3 is 0 Å². The lowest BCUT2D eigenvalue weighted by Gasteiger charge is -2.09. The van der Waals surface area contributed by atoms with Crippen molar-refractivity contribution in [2.75, 3.05) is 11.9 Å². The van der Waals surface area contributed by atoms with Crippen molar-refractivity contribution in [1.82, 2.24) is 0 Å². The minimum Gasteiger partial charge on any atom is -0.493 e. The van der Waals surface area contributed by atoms with Gasteiger partial charge in [0.25, 0.3) is 5.91 Å². The molecule has 0 aliphatic carbocycles. The fraction of sp³-hybridized carbons (Fsp3) is 0.278. The summed E-state index contributed by atoms with van der Waals surface area (Å²) in [6, 6.07) is 14.9. The highest BCUT2D eigenvalue weighted by molar-refractivity contribution is 6.04. The standard InChI is InChI=1S/C18H21NO2/c1-13(2)12-21-17-10-6-15(7-11-17)18(20)19-16-8-4-14(3)5-9-16/h4-11,13H,12H2,1-3H3,(H,19,20). The Labute approximate surface area is 126 Å². The highest BCUT2D eigenvalue weighted by Crippen LogP contribution is 2.15. The average molecular weight is 283 g/mol. The molecule has 3 heteroatoms. The second kappa shape index (κ2) is 6.93. The molecular formula is C18H21NO2. The molecule has 0 saturated carbocycles. The van der Waals surface area contributed by atoms with E-state index in [9.17, 15) is 4.79 Å². The van der Waals surface area contributed by atoms with Gasteiger partial charge < -0.3 is 10.1 Å². The molecule has 110 valence electrons. The molecule has 0 spiro atoms. The van der Waals surface area contributed by atoms with E-state index in [1.807, 2.05) is 43.3 Å². The topological polar surface area (TPSA) is 38.3 Å². The first-order valence-corrected chi connectivity index (χ1v) is 7.15. The van der Waals surface area contributed by atoms with Crippen molar-refractivity contribution in [1.29, 1.82) is 0 Å². The second-order valence-electron chi connectivity index (χ2n) is 5.55. The van der Waals surface area contributed by atoms with E-state index in [1.54, 1.807) is 12.1 Å². The molecular weight excluding hydrogens is 262 g/mol. The summed E-state index contributed by atoms with van der Waals surface area (Å²) < 4.78 is 5.60. The third-order valence-corrected chi connectivity index (χ3v) is 3.01. The van der Waals surface area contributed by atoms with Gasteiger partial charge in [0.15, 0.2) is 0 Å². The van der Waals surface area contributed by atoms with Crippen molar-refractivity contribution in [3.8, 4) is 5.75 Å². The van der Waals surface area contributed by atoms with Crippen LogP contribution in [0.3, 0.4) is 0 Å². The van der Waals surface area contributed by atoms with Gasteiger partial charge in [-0.15, -0.1) is 0 Å². The fourth-order valence-electron chi connectivity index (χ4n) is 1.81. The van der Waals surface area contributed by atoms with Gasteiger partial charge in [0.05, 0.1) is 6.61 Å². The van der Waals surface area contributed by atoms with Gasteiger partial charge in [0.1, 0.15) is 5.75 Å². The molecule has 0 aliphatic heterocycles. The van der Waals surface area contributed by atoms with Crippen LogP contribution in [0.4, 0.5) is 5.69 Å². The van der Waals surface area contributed by atoms with Gasteiger partial charge in [-0.2, -0.15) is 0 Å². The molecule has 1 N–H and O–H groups in total. The van der Waals surface area contributed by atoms with E-state index in [0.29, 0.717) is 18.1 Å². The van der Waals surface area contributed by atoms with Crippen molar-refractivity contribution in [2.24, 2.45) is 5.92 Å². The van der Waals surface area contributed by atoms with E-state index in [-0.39, 0.29) is 5.91 Å². The molecule has 3 nitrogen and oxygen atoms in total. The normalized spacial score (nSPS) is 10.5. The summed E-state index contributed by atoms with van der Waals surface area (Å²) in [6.45, 7) is 6.89. The Bertz CT molecular complexity index is 586. The number of amides is 1. The van der Waals surface area contributed by atoms with Crippen LogP contribution in [-0.2, 0) is 0 Å². The lowest BCUT2D eigenvalue weighted by atomic mass is 10.2. The molecule has 0 fully saturated rings. The van der Waals surface area contributed by atoms with Crippen LogP contribution in [-0.4, -0.2) is 12.5 Å². The molecule has 0 atom stereocenters. The predicted molar refractivity (Wildman–Crippen MR) is 85.9 cm³/mol. The third-order valence-electron chi connectivity index (χ3n) is 3.01. The molecule has 1 amide bonds. The minimum absolute atomic E-state index is 0.116. The summed E-state index contributed by atoms with van der Waals surface area (Å²) in [4.78, 5) is 12.1. The zero-order valence-electron chi connectivity index (χ0n) is 12.7. The van der Waals surface area contributed by atoms with Crippen LogP contribution in [0.15, 0.2) is 48.5 Å². The second-order valence-corrected chi connectivity index (χ2v) is 5.55. The van der Waals surface area contributed by atoms with Crippen molar-refractivity contribution >= 4 is 11.6 Å². The number of hydrogen-bond donors (Lipinski definition) is 1. The molecule has 0 aromatic heterocycles. The molecule has 21 heavy (non-hydrogen) atoms. The number of anilines is 1. The van der Waals surface area contributed by atoms with Crippen LogP contribution in [0.2, 0.25) is 0 Å². The van der Waals surface area contributed by atoms with Crippen LogP contribution in [0.25, 0.3) is 0 Å². The molecule has 0 heterocycles. The molecule has 0 saturated heterocycles. The summed E-state index contributed by atoms with van der Waals surface area (Å²) in [7, 11) is 0. The molecule has 2 rings (SSSR count). The van der Waals surface area contributed by atoms with Gasteiger partial charge in [-0.1, -0.05) is 31.5 Å². The number of benzene rings is 2. The largest absolute Gasteiger partial charge is 0.493 e. The van der Waals surface area contributed by atoms with Gasteiger partial charge in [-0.05, 0) is 49.2 Å². The van der Waals surface area contributed by atoms with Crippen LogP contribution in [0.5, 0.6) is 5.75 Å². The highest BCUT2D eigenvalue weighted by atomic mass is 16.5. The lowest BCUT2D eigenvalue weighted by molar-refractivity contribution is 0.102. The molecule has 0 aliphatic rings. The van der Waals surface area contributed by atoms with Gasteiger partial charge in [-0.25, -0.2) is 0 Å². The Kier molecular flexibility index (Phi) is 4.99. The van der Waals surface area contributed by atoms with Crippen molar-refractivity contribution in [3.63, 3.8) is 0 Å². The monoisotopic (exact) mass is 283 g/mol. The summed E-state index contributed by atoms with van der Waals surface area (Å²) in [5.74, 6) is 1.15. The number of carbonyl (C=O) groups excluding carboxylic acids is 1. The molecule has 0 unspecified atom stereocenters. The van der Waals surface area contributed by atoms with Crippen molar-refractivity contribution in [2.45, 2.75) is 20.8 Å². The van der Waals surface area contributed by atoms with Gasteiger partial charge in [0, 0.05) is 11.3 Å². The third kappa shape index (κ3) is 4.63. The Morgan fingerprint density at radius 2 is 1.67 bits per heavy atom. The minimum atomic E-state index is -0.116. The number of nitrogens with one attached hydrogen (secondary N) is 1. The first kappa shape index (κ1) is 15.1. The SMILES string of the molecule is Cc1ccc(NC(=O)c2ccc(OCC(C)C)cc2)cc1. The summed E-state index contributed by atoms with van der Waals surface area (Å²) in [5, 5.41) is 2.88. The van der Waals surface area contributed by atoms with Crippen LogP contribution in [0.1, 0.15) is 29.8 Å². The van der Waals surface area contributed by atoms with Gasteiger partial charge in [0.2, 0.25) is 0 Å². The smallest absolute Gasteiger partial charge is 0.255 e. The lowest BCUT2D eigenvalue weighted by Crippen LogP contribution is -2.11. The number of carbonyl (C=O) groups is 1. The Morgan fingerprint density at radius 3 is 2.24 bits per heavy atom. The Morgan fingerprint density at radius 1 is 1.05 bits per heavy atom. The molecule has 2 aromatic carbocycles.